The van der Waals surface area contributed by atoms with Crippen LogP contribution in [0.1, 0.15) is 0 Å². The molecule has 0 aliphatic heterocycles. The topological polar surface area (TPSA) is 77.6 Å². The normalized spacial score (nSPS) is 10.9. The van der Waals surface area contributed by atoms with Crippen LogP contribution in [0.5, 0.6) is 0 Å². The van der Waals surface area contributed by atoms with Gasteiger partial charge >= 0.3 is 0 Å². The molecule has 2 N–H and O–H groups in total. The van der Waals surface area contributed by atoms with Gasteiger partial charge in [-0.3, -0.25) is 9.97 Å². The highest BCUT2D eigenvalue weighted by atomic mass is 14.9. The van der Waals surface area contributed by atoms with Gasteiger partial charge in [0.15, 0.2) is 0 Å². The van der Waals surface area contributed by atoms with Crippen LogP contribution in [-0.4, -0.2) is 19.9 Å². The molecule has 72 valence electrons. The number of nitrogens with two attached hydrogens (primary N) is 1. The van der Waals surface area contributed by atoms with Crippen LogP contribution in [0.2, 0.25) is 0 Å². The van der Waals surface area contributed by atoms with Gasteiger partial charge in [-0.1, -0.05) is 0 Å². The zero-order valence-electron chi connectivity index (χ0n) is 7.75. The van der Waals surface area contributed by atoms with Crippen LogP contribution in [0.15, 0.2) is 30.9 Å². The number of anilines is 1. The molecule has 0 aliphatic rings. The molecule has 0 saturated heterocycles. The van der Waals surface area contributed by atoms with Gasteiger partial charge in [0, 0.05) is 12.4 Å². The Morgan fingerprint density at radius 3 is 2.60 bits per heavy atom. The minimum atomic E-state index is 0.436. The highest BCUT2D eigenvalue weighted by Crippen LogP contribution is 2.23. The Hall–Kier alpha value is -2.30. The van der Waals surface area contributed by atoms with Crippen LogP contribution < -0.4 is 5.73 Å². The predicted molar refractivity (Wildman–Crippen MR) is 57.0 cm³/mol. The smallest absolute Gasteiger partial charge is 0.136 e. The Balaban J connectivity index is 2.64. The summed E-state index contributed by atoms with van der Waals surface area (Å²) < 4.78 is 0. The first kappa shape index (κ1) is 8.05. The molecular formula is C10H7N5. The van der Waals surface area contributed by atoms with Crippen molar-refractivity contribution < 1.29 is 0 Å². The monoisotopic (exact) mass is 197 g/mol. The molecule has 2 aromatic heterocycles. The van der Waals surface area contributed by atoms with Gasteiger partial charge in [-0.05, 0) is 12.1 Å². The summed E-state index contributed by atoms with van der Waals surface area (Å²) in [5.74, 6) is 0.436. The van der Waals surface area contributed by atoms with Crippen molar-refractivity contribution in [3.8, 4) is 0 Å². The van der Waals surface area contributed by atoms with Crippen LogP contribution in [0.3, 0.4) is 0 Å². The molecule has 1 aromatic carbocycles. The number of hydrogen-bond acceptors (Lipinski definition) is 5. The molecule has 0 unspecified atom stereocenters. The van der Waals surface area contributed by atoms with E-state index in [0.717, 1.165) is 21.9 Å². The lowest BCUT2D eigenvalue weighted by molar-refractivity contribution is 1.22. The molecular weight excluding hydrogens is 190 g/mol. The fraction of sp³-hybridized carbons (Fsp3) is 0. The molecule has 0 fully saturated rings. The first-order chi connectivity index (χ1) is 7.36. The van der Waals surface area contributed by atoms with E-state index in [1.165, 1.54) is 6.33 Å². The first-order valence-corrected chi connectivity index (χ1v) is 4.46. The summed E-state index contributed by atoms with van der Waals surface area (Å²) in [5, 5.41) is 0.767. The van der Waals surface area contributed by atoms with E-state index in [-0.39, 0.29) is 0 Å². The quantitative estimate of drug-likeness (QED) is 0.547. The van der Waals surface area contributed by atoms with Crippen molar-refractivity contribution in [1.82, 2.24) is 19.9 Å². The molecule has 5 heteroatoms. The fourth-order valence-electron chi connectivity index (χ4n) is 1.60. The summed E-state index contributed by atoms with van der Waals surface area (Å²) in [5.41, 5.74) is 8.13. The molecule has 2 heterocycles. The predicted octanol–water partition coefficient (Wildman–Crippen LogP) is 1.16. The second-order valence-corrected chi connectivity index (χ2v) is 3.14. The maximum absolute atomic E-state index is 5.80. The van der Waals surface area contributed by atoms with Crippen molar-refractivity contribution >= 4 is 27.8 Å². The standard InChI is InChI=1S/C10H7N5/c11-10-8-6(14-5-15-10)1-2-7-9(8)13-4-3-12-7/h1-5H,(H2,11,14,15). The van der Waals surface area contributed by atoms with Crippen LogP contribution in [0.4, 0.5) is 5.82 Å². The van der Waals surface area contributed by atoms with Gasteiger partial charge < -0.3 is 5.73 Å². The summed E-state index contributed by atoms with van der Waals surface area (Å²) in [4.78, 5) is 16.5. The van der Waals surface area contributed by atoms with Gasteiger partial charge in [-0.25, -0.2) is 9.97 Å². The number of fused-ring (bicyclic) bond motifs is 3. The van der Waals surface area contributed by atoms with E-state index >= 15 is 0 Å². The van der Waals surface area contributed by atoms with Crippen LogP contribution in [-0.2, 0) is 0 Å². The number of hydrogen-bond donors (Lipinski definition) is 1. The third-order valence-corrected chi connectivity index (χ3v) is 2.27. The number of nitrogens with zero attached hydrogens (tertiary/aromatic N) is 4. The van der Waals surface area contributed by atoms with Crippen LogP contribution in [0.25, 0.3) is 21.9 Å². The van der Waals surface area contributed by atoms with Crippen LogP contribution >= 0.6 is 0 Å². The molecule has 5 nitrogen and oxygen atoms in total. The van der Waals surface area contributed by atoms with E-state index in [9.17, 15) is 0 Å². The SMILES string of the molecule is Nc1ncnc2ccc3nccnc3c12. The number of rotatable bonds is 0. The van der Waals surface area contributed by atoms with Crippen molar-refractivity contribution in [3.05, 3.63) is 30.9 Å². The minimum absolute atomic E-state index is 0.436. The summed E-state index contributed by atoms with van der Waals surface area (Å²) in [6, 6.07) is 3.74. The minimum Gasteiger partial charge on any atom is -0.383 e. The highest BCUT2D eigenvalue weighted by Gasteiger charge is 2.06. The van der Waals surface area contributed by atoms with Gasteiger partial charge in [-0.15, -0.1) is 0 Å². The summed E-state index contributed by atoms with van der Waals surface area (Å²) in [6.45, 7) is 0. The average molecular weight is 197 g/mol. The largest absolute Gasteiger partial charge is 0.383 e. The molecule has 0 spiro atoms. The summed E-state index contributed by atoms with van der Waals surface area (Å²) in [7, 11) is 0. The lowest BCUT2D eigenvalue weighted by atomic mass is 10.2. The fourth-order valence-corrected chi connectivity index (χ4v) is 1.60. The number of benzene rings is 1. The first-order valence-electron chi connectivity index (χ1n) is 4.46. The van der Waals surface area contributed by atoms with Crippen molar-refractivity contribution in [2.45, 2.75) is 0 Å². The van der Waals surface area contributed by atoms with E-state index in [1.54, 1.807) is 12.4 Å². The maximum atomic E-state index is 5.80. The summed E-state index contributed by atoms with van der Waals surface area (Å²) >= 11 is 0. The zero-order chi connectivity index (χ0) is 10.3. The Morgan fingerprint density at radius 1 is 0.867 bits per heavy atom. The van der Waals surface area contributed by atoms with Crippen molar-refractivity contribution in [2.24, 2.45) is 0 Å². The van der Waals surface area contributed by atoms with E-state index in [2.05, 4.69) is 19.9 Å². The Bertz CT molecular complexity index is 649. The second-order valence-electron chi connectivity index (χ2n) is 3.14. The van der Waals surface area contributed by atoms with Gasteiger partial charge in [0.25, 0.3) is 0 Å². The number of aromatic nitrogens is 4. The van der Waals surface area contributed by atoms with E-state index in [0.29, 0.717) is 5.82 Å². The molecule has 0 bridgehead atoms. The van der Waals surface area contributed by atoms with Crippen molar-refractivity contribution in [3.63, 3.8) is 0 Å². The lowest BCUT2D eigenvalue weighted by Gasteiger charge is -2.02. The Labute approximate surface area is 85.0 Å². The molecule has 3 aromatic rings. The highest BCUT2D eigenvalue weighted by molar-refractivity contribution is 6.07. The number of nitrogen functional groups attached to an aromatic ring is 1. The molecule has 0 atom stereocenters. The molecule has 15 heavy (non-hydrogen) atoms. The van der Waals surface area contributed by atoms with Gasteiger partial charge in [0.1, 0.15) is 17.7 Å². The Morgan fingerprint density at radius 2 is 1.67 bits per heavy atom. The zero-order valence-corrected chi connectivity index (χ0v) is 7.75. The van der Waals surface area contributed by atoms with E-state index < -0.39 is 0 Å². The average Bonchev–Trinajstić information content (AvgIpc) is 2.29. The van der Waals surface area contributed by atoms with Crippen LogP contribution in [0, 0.1) is 0 Å². The third-order valence-electron chi connectivity index (χ3n) is 2.27. The molecule has 3 rings (SSSR count). The van der Waals surface area contributed by atoms with E-state index in [4.69, 9.17) is 5.73 Å². The third kappa shape index (κ3) is 1.10. The molecule has 0 radical (unpaired) electrons. The van der Waals surface area contributed by atoms with Gasteiger partial charge in [0.05, 0.1) is 16.4 Å². The maximum Gasteiger partial charge on any atom is 0.136 e. The second kappa shape index (κ2) is 2.84. The Kier molecular flexibility index (Phi) is 1.53. The van der Waals surface area contributed by atoms with Gasteiger partial charge in [0.2, 0.25) is 0 Å². The van der Waals surface area contributed by atoms with Gasteiger partial charge in [-0.2, -0.15) is 0 Å². The molecule has 0 aliphatic carbocycles. The van der Waals surface area contributed by atoms with Crippen molar-refractivity contribution in [1.29, 1.82) is 0 Å². The van der Waals surface area contributed by atoms with E-state index in [1.807, 2.05) is 12.1 Å². The van der Waals surface area contributed by atoms with Crippen molar-refractivity contribution in [2.75, 3.05) is 5.73 Å². The summed E-state index contributed by atoms with van der Waals surface area (Å²) in [6.07, 6.45) is 4.72. The lowest BCUT2D eigenvalue weighted by Crippen LogP contribution is -1.95. The molecule has 0 saturated carbocycles. The molecule has 0 amide bonds.